The van der Waals surface area contributed by atoms with E-state index in [1.807, 2.05) is 17.4 Å². The highest BCUT2D eigenvalue weighted by Crippen LogP contribution is 2.45. The second kappa shape index (κ2) is 13.3. The largest absolute Gasteiger partial charge is 0.456 e. The van der Waals surface area contributed by atoms with Gasteiger partial charge in [0.15, 0.2) is 5.84 Å². The molecule has 0 N–H and O–H groups in total. The monoisotopic (exact) mass is 799 g/mol. The van der Waals surface area contributed by atoms with Gasteiger partial charge in [-0.15, -0.1) is 11.3 Å². The van der Waals surface area contributed by atoms with Crippen molar-refractivity contribution in [1.29, 1.82) is 0 Å². The third-order valence-electron chi connectivity index (χ3n) is 13.0. The van der Waals surface area contributed by atoms with Crippen LogP contribution in [0.1, 0.15) is 36.1 Å². The normalized spacial score (nSPS) is 15.9. The average Bonchev–Trinajstić information content (AvgIpc) is 3.99. The lowest BCUT2D eigenvalue weighted by Crippen LogP contribution is -2.28. The Morgan fingerprint density at radius 2 is 1.25 bits per heavy atom. The zero-order valence-electron chi connectivity index (χ0n) is 33.3. The highest BCUT2D eigenvalue weighted by atomic mass is 32.1. The molecular formula is C56H37N3OS. The lowest BCUT2D eigenvalue weighted by atomic mass is 9.81. The molecule has 4 heterocycles. The minimum Gasteiger partial charge on any atom is -0.456 e. The van der Waals surface area contributed by atoms with Crippen molar-refractivity contribution in [3.63, 3.8) is 0 Å². The Balaban J connectivity index is 1.13. The summed E-state index contributed by atoms with van der Waals surface area (Å²) < 4.78 is 11.8. The number of benzene rings is 9. The topological polar surface area (TPSA) is 42.8 Å². The van der Waals surface area contributed by atoms with E-state index in [0.717, 1.165) is 67.8 Å². The number of para-hydroxylation sites is 2. The second-order valence-corrected chi connectivity index (χ2v) is 17.4. The first-order valence-corrected chi connectivity index (χ1v) is 21.9. The van der Waals surface area contributed by atoms with Crippen LogP contribution in [0, 0.1) is 5.92 Å². The lowest BCUT2D eigenvalue weighted by molar-refractivity contribution is 0.536. The third-order valence-corrected chi connectivity index (χ3v) is 14.1. The lowest BCUT2D eigenvalue weighted by Gasteiger charge is -2.30. The van der Waals surface area contributed by atoms with E-state index in [2.05, 4.69) is 187 Å². The number of aromatic nitrogens is 1. The van der Waals surface area contributed by atoms with Crippen LogP contribution in [0.4, 0.5) is 0 Å². The fourth-order valence-electron chi connectivity index (χ4n) is 10.2. The molecule has 0 fully saturated rings. The number of thiophene rings is 1. The number of fused-ring (bicyclic) bond motifs is 11. The molecule has 1 unspecified atom stereocenters. The number of rotatable bonds is 5. The van der Waals surface area contributed by atoms with Crippen LogP contribution in [-0.2, 0) is 0 Å². The smallest absolute Gasteiger partial charge is 0.156 e. The van der Waals surface area contributed by atoms with E-state index in [9.17, 15) is 0 Å². The van der Waals surface area contributed by atoms with Crippen molar-refractivity contribution in [3.8, 4) is 5.69 Å². The molecule has 3 aromatic heterocycles. The SMILES string of the molecule is CC[C@@H]1C(c2ccc3ccccc3c2)=NC(c2cc(-n3c4ccccc4c4cc5ccccc5cc43)cc3oc4ccccc4c23)=NC1c1cccc2sc3ccccc3c12. The first-order valence-electron chi connectivity index (χ1n) is 21.1. The number of aliphatic imine (C=N–C) groups is 2. The van der Waals surface area contributed by atoms with Gasteiger partial charge >= 0.3 is 0 Å². The molecule has 9 aromatic carbocycles. The Bertz CT molecular complexity index is 3840. The molecule has 12 aromatic rings. The van der Waals surface area contributed by atoms with Gasteiger partial charge < -0.3 is 8.98 Å². The van der Waals surface area contributed by atoms with Gasteiger partial charge in [-0.25, -0.2) is 4.99 Å². The van der Waals surface area contributed by atoms with Gasteiger partial charge in [0, 0.05) is 59.3 Å². The van der Waals surface area contributed by atoms with Crippen molar-refractivity contribution in [2.45, 2.75) is 19.4 Å². The molecule has 0 amide bonds. The zero-order chi connectivity index (χ0) is 40.2. The molecule has 4 nitrogen and oxygen atoms in total. The third kappa shape index (κ3) is 5.24. The van der Waals surface area contributed by atoms with Crippen molar-refractivity contribution in [2.24, 2.45) is 15.9 Å². The van der Waals surface area contributed by atoms with Gasteiger partial charge in [0.05, 0.1) is 28.5 Å². The van der Waals surface area contributed by atoms with Crippen LogP contribution in [0.2, 0.25) is 0 Å². The number of hydrogen-bond acceptors (Lipinski definition) is 4. The molecule has 1 aliphatic rings. The summed E-state index contributed by atoms with van der Waals surface area (Å²) in [5.41, 5.74) is 9.34. The van der Waals surface area contributed by atoms with Crippen molar-refractivity contribution in [2.75, 3.05) is 0 Å². The quantitative estimate of drug-likeness (QED) is 0.171. The number of furan rings is 1. The van der Waals surface area contributed by atoms with E-state index < -0.39 is 0 Å². The minimum absolute atomic E-state index is 0.0413. The molecule has 0 saturated heterocycles. The van der Waals surface area contributed by atoms with Crippen molar-refractivity contribution in [1.82, 2.24) is 4.57 Å². The summed E-state index contributed by atoms with van der Waals surface area (Å²) in [5.74, 6) is 0.763. The predicted molar refractivity (Wildman–Crippen MR) is 258 cm³/mol. The molecule has 0 saturated carbocycles. The van der Waals surface area contributed by atoms with Crippen LogP contribution in [0.25, 0.3) is 91.1 Å². The number of amidine groups is 1. The summed E-state index contributed by atoms with van der Waals surface area (Å²) in [6.07, 6.45) is 0.880. The van der Waals surface area contributed by atoms with Gasteiger partial charge in [-0.1, -0.05) is 134 Å². The van der Waals surface area contributed by atoms with E-state index in [-0.39, 0.29) is 12.0 Å². The molecule has 0 spiro atoms. The van der Waals surface area contributed by atoms with Crippen LogP contribution in [-0.4, -0.2) is 16.1 Å². The summed E-state index contributed by atoms with van der Waals surface area (Å²) in [5, 5.41) is 11.9. The zero-order valence-corrected chi connectivity index (χ0v) is 34.2. The molecule has 0 aliphatic carbocycles. The average molecular weight is 800 g/mol. The van der Waals surface area contributed by atoms with Gasteiger partial charge in [0.25, 0.3) is 0 Å². The molecule has 0 bridgehead atoms. The van der Waals surface area contributed by atoms with Crippen molar-refractivity contribution < 1.29 is 4.42 Å². The van der Waals surface area contributed by atoms with E-state index in [0.29, 0.717) is 0 Å². The van der Waals surface area contributed by atoms with E-state index >= 15 is 0 Å². The molecule has 0 radical (unpaired) electrons. The Kier molecular flexibility index (Phi) is 7.55. The predicted octanol–water partition coefficient (Wildman–Crippen LogP) is 15.4. The molecule has 61 heavy (non-hydrogen) atoms. The Morgan fingerprint density at radius 3 is 2.10 bits per heavy atom. The van der Waals surface area contributed by atoms with Crippen LogP contribution < -0.4 is 0 Å². The van der Waals surface area contributed by atoms with Gasteiger partial charge in [-0.3, -0.25) is 4.99 Å². The summed E-state index contributed by atoms with van der Waals surface area (Å²) in [6, 6.07) is 65.7. The Labute approximate surface area is 355 Å². The Hall–Kier alpha value is -7.34. The van der Waals surface area contributed by atoms with Crippen LogP contribution in [0.5, 0.6) is 0 Å². The number of nitrogens with zero attached hydrogens (tertiary/aromatic N) is 3. The maximum Gasteiger partial charge on any atom is 0.156 e. The van der Waals surface area contributed by atoms with Gasteiger partial charge in [0.1, 0.15) is 11.2 Å². The highest BCUT2D eigenvalue weighted by molar-refractivity contribution is 7.25. The molecule has 5 heteroatoms. The molecule has 2 atom stereocenters. The van der Waals surface area contributed by atoms with Gasteiger partial charge in [0.2, 0.25) is 0 Å². The number of hydrogen-bond donors (Lipinski definition) is 0. The van der Waals surface area contributed by atoms with Crippen molar-refractivity contribution in [3.05, 3.63) is 199 Å². The van der Waals surface area contributed by atoms with E-state index in [1.165, 1.54) is 58.1 Å². The maximum absolute atomic E-state index is 6.81. The van der Waals surface area contributed by atoms with E-state index in [1.54, 1.807) is 0 Å². The maximum atomic E-state index is 6.81. The van der Waals surface area contributed by atoms with E-state index in [4.69, 9.17) is 14.4 Å². The van der Waals surface area contributed by atoms with Crippen LogP contribution in [0.3, 0.4) is 0 Å². The molecular weight excluding hydrogens is 763 g/mol. The molecule has 288 valence electrons. The summed E-state index contributed by atoms with van der Waals surface area (Å²) >= 11 is 1.86. The summed E-state index contributed by atoms with van der Waals surface area (Å²) in [7, 11) is 0. The van der Waals surface area contributed by atoms with Gasteiger partial charge in [-0.05, 0) is 87.6 Å². The van der Waals surface area contributed by atoms with Crippen LogP contribution >= 0.6 is 11.3 Å². The van der Waals surface area contributed by atoms with Gasteiger partial charge in [-0.2, -0.15) is 0 Å². The second-order valence-electron chi connectivity index (χ2n) is 16.3. The molecule has 1 aliphatic heterocycles. The highest BCUT2D eigenvalue weighted by Gasteiger charge is 2.34. The Morgan fingerprint density at radius 1 is 0.541 bits per heavy atom. The summed E-state index contributed by atoms with van der Waals surface area (Å²) in [4.78, 5) is 11.6. The van der Waals surface area contributed by atoms with Crippen molar-refractivity contribution >= 4 is 108 Å². The minimum atomic E-state index is -0.183. The fraction of sp³-hybridized carbons (Fsp3) is 0.0714. The molecule has 13 rings (SSSR count). The summed E-state index contributed by atoms with van der Waals surface area (Å²) in [6.45, 7) is 2.29. The first kappa shape index (κ1) is 34.5. The standard InChI is InChI=1S/C56H37N3OS/c1-2-39-54(37-27-26-33-14-3-4-15-34(33)28-37)57-56(58-55(39)43-21-13-25-51-53(43)42-20-9-12-24-50(42)61-51)45-31-38(32-49-52(45)41-19-8-11-23-48(41)60-49)59-46-22-10-7-18-40(46)44-29-35-16-5-6-17-36(35)30-47(44)59/h3-32,39,55H,2H2,1H3/t39-,55?/m1/s1. The fourth-order valence-corrected chi connectivity index (χ4v) is 11.3. The van der Waals surface area contributed by atoms with Crippen LogP contribution in [0.15, 0.2) is 196 Å². The first-order chi connectivity index (χ1) is 30.2.